The Bertz CT molecular complexity index is 864. The third-order valence-electron chi connectivity index (χ3n) is 4.76. The second-order valence-corrected chi connectivity index (χ2v) is 7.19. The van der Waals surface area contributed by atoms with Crippen molar-refractivity contribution in [2.45, 2.75) is 51.2 Å². The number of phenolic OH excluding ortho intramolecular Hbond substituents is 4. The van der Waals surface area contributed by atoms with Crippen molar-refractivity contribution in [2.24, 2.45) is 0 Å². The lowest BCUT2D eigenvalue weighted by Gasteiger charge is -2.21. The number of rotatable bonds is 10. The van der Waals surface area contributed by atoms with Crippen LogP contribution in [0.1, 0.15) is 37.3 Å². The number of hydrogen-bond acceptors (Lipinski definition) is 8. The summed E-state index contributed by atoms with van der Waals surface area (Å²) in [5.41, 5.74) is 1.45. The molecule has 2 aromatic rings. The van der Waals surface area contributed by atoms with E-state index in [-0.39, 0.29) is 35.2 Å². The summed E-state index contributed by atoms with van der Waals surface area (Å²) >= 11 is 0. The van der Waals surface area contributed by atoms with E-state index in [0.29, 0.717) is 31.2 Å². The van der Waals surface area contributed by atoms with Crippen LogP contribution in [0.25, 0.3) is 0 Å². The summed E-state index contributed by atoms with van der Waals surface area (Å²) in [6, 6.07) is 7.50. The maximum Gasteiger partial charge on any atom is 0.302 e. The Morgan fingerprint density at radius 2 is 1.60 bits per heavy atom. The van der Waals surface area contributed by atoms with Gasteiger partial charge in [0.05, 0.1) is 13.2 Å². The van der Waals surface area contributed by atoms with Crippen LogP contribution in [0.5, 0.6) is 28.7 Å². The van der Waals surface area contributed by atoms with E-state index >= 15 is 0 Å². The van der Waals surface area contributed by atoms with Crippen LogP contribution in [0.15, 0.2) is 30.3 Å². The summed E-state index contributed by atoms with van der Waals surface area (Å²) in [6.07, 6.45) is 0.650. The Labute approximate surface area is 174 Å². The minimum absolute atomic E-state index is 0.145. The van der Waals surface area contributed by atoms with Gasteiger partial charge in [-0.25, -0.2) is 0 Å². The second-order valence-electron chi connectivity index (χ2n) is 7.19. The van der Waals surface area contributed by atoms with Crippen LogP contribution < -0.4 is 4.74 Å². The lowest BCUT2D eigenvalue weighted by Crippen LogP contribution is -2.24. The van der Waals surface area contributed by atoms with Gasteiger partial charge in [0.25, 0.3) is 0 Å². The van der Waals surface area contributed by atoms with Crippen LogP contribution in [0.3, 0.4) is 0 Å². The highest BCUT2D eigenvalue weighted by Gasteiger charge is 2.19. The first-order valence-corrected chi connectivity index (χ1v) is 9.64. The molecule has 30 heavy (non-hydrogen) atoms. The summed E-state index contributed by atoms with van der Waals surface area (Å²) in [6.45, 7) is 1.30. The maximum atomic E-state index is 11.4. The highest BCUT2D eigenvalue weighted by Crippen LogP contribution is 2.36. The molecular formula is C22H28O8. The third kappa shape index (κ3) is 6.73. The van der Waals surface area contributed by atoms with Crippen LogP contribution in [-0.2, 0) is 22.4 Å². The molecule has 0 aliphatic carbocycles. The molecule has 0 spiro atoms. The molecule has 0 aromatic heterocycles. The van der Waals surface area contributed by atoms with E-state index in [0.717, 1.165) is 5.56 Å². The molecule has 5 N–H and O–H groups in total. The van der Waals surface area contributed by atoms with Gasteiger partial charge in [-0.2, -0.15) is 0 Å². The first kappa shape index (κ1) is 23.2. The average Bonchev–Trinajstić information content (AvgIpc) is 2.69. The molecule has 0 saturated carbocycles. The van der Waals surface area contributed by atoms with Gasteiger partial charge in [0.15, 0.2) is 23.0 Å². The van der Waals surface area contributed by atoms with Crippen molar-refractivity contribution in [3.05, 3.63) is 41.5 Å². The molecule has 2 unspecified atom stereocenters. The number of carbonyl (C=O) groups is 1. The van der Waals surface area contributed by atoms with Crippen molar-refractivity contribution in [1.29, 1.82) is 0 Å². The Kier molecular flexibility index (Phi) is 8.17. The van der Waals surface area contributed by atoms with Crippen LogP contribution in [0, 0.1) is 0 Å². The molecule has 8 heteroatoms. The van der Waals surface area contributed by atoms with E-state index in [2.05, 4.69) is 0 Å². The lowest BCUT2D eigenvalue weighted by atomic mass is 9.98. The zero-order valence-electron chi connectivity index (χ0n) is 17.0. The number of ether oxygens (including phenoxy) is 2. The number of carbonyl (C=O) groups excluding carboxylic acids is 1. The van der Waals surface area contributed by atoms with Gasteiger partial charge in [0.1, 0.15) is 6.10 Å². The Morgan fingerprint density at radius 3 is 2.23 bits per heavy atom. The number of aliphatic hydroxyl groups is 1. The number of methoxy groups -OCH3 is 1. The molecule has 0 amide bonds. The minimum atomic E-state index is -0.743. The highest BCUT2D eigenvalue weighted by molar-refractivity contribution is 5.66. The number of benzene rings is 2. The van der Waals surface area contributed by atoms with Gasteiger partial charge < -0.3 is 35.0 Å². The summed E-state index contributed by atoms with van der Waals surface area (Å²) in [7, 11) is 1.38. The zero-order chi connectivity index (χ0) is 22.3. The smallest absolute Gasteiger partial charge is 0.302 e. The standard InChI is InChI=1S/C22H28O8/c1-13(23)30-17(7-4-15-10-20(27)22(28)21(11-15)29-2)12-16(24)6-3-14-5-8-18(25)19(26)9-14/h5,8-11,16-17,24-28H,3-4,6-7,12H2,1-2H3. The third-order valence-corrected chi connectivity index (χ3v) is 4.76. The molecule has 0 aliphatic rings. The van der Waals surface area contributed by atoms with E-state index < -0.39 is 18.2 Å². The van der Waals surface area contributed by atoms with Crippen LogP contribution in [-0.4, -0.2) is 50.8 Å². The first-order valence-electron chi connectivity index (χ1n) is 9.64. The van der Waals surface area contributed by atoms with Gasteiger partial charge in [-0.3, -0.25) is 4.79 Å². The van der Waals surface area contributed by atoms with Crippen molar-refractivity contribution in [3.63, 3.8) is 0 Å². The SMILES string of the molecule is COc1cc(CCC(CC(O)CCc2ccc(O)c(O)c2)OC(C)=O)cc(O)c1O. The largest absolute Gasteiger partial charge is 0.504 e. The molecule has 0 aliphatic heterocycles. The van der Waals surface area contributed by atoms with E-state index in [1.807, 2.05) is 0 Å². The minimum Gasteiger partial charge on any atom is -0.504 e. The predicted octanol–water partition coefficient (Wildman–Crippen LogP) is 2.77. The predicted molar refractivity (Wildman–Crippen MR) is 109 cm³/mol. The molecule has 0 radical (unpaired) electrons. The fraction of sp³-hybridized carbons (Fsp3) is 0.409. The number of aromatic hydroxyl groups is 4. The molecule has 0 saturated heterocycles. The van der Waals surface area contributed by atoms with Gasteiger partial charge in [-0.1, -0.05) is 6.07 Å². The topological polar surface area (TPSA) is 137 Å². The summed E-state index contributed by atoms with van der Waals surface area (Å²) in [5, 5.41) is 48.8. The molecule has 8 nitrogen and oxygen atoms in total. The molecule has 0 bridgehead atoms. The normalized spacial score (nSPS) is 12.9. The number of aryl methyl sites for hydroxylation is 2. The van der Waals surface area contributed by atoms with Gasteiger partial charge in [0, 0.05) is 13.3 Å². The summed E-state index contributed by atoms with van der Waals surface area (Å²) in [5.74, 6) is -1.37. The zero-order valence-corrected chi connectivity index (χ0v) is 17.0. The van der Waals surface area contributed by atoms with Gasteiger partial charge >= 0.3 is 5.97 Å². The van der Waals surface area contributed by atoms with Crippen molar-refractivity contribution in [3.8, 4) is 28.7 Å². The van der Waals surface area contributed by atoms with E-state index in [4.69, 9.17) is 9.47 Å². The first-order chi connectivity index (χ1) is 14.2. The summed E-state index contributed by atoms with van der Waals surface area (Å²) < 4.78 is 10.3. The van der Waals surface area contributed by atoms with E-state index in [9.17, 15) is 30.3 Å². The lowest BCUT2D eigenvalue weighted by molar-refractivity contribution is -0.148. The summed E-state index contributed by atoms with van der Waals surface area (Å²) in [4.78, 5) is 11.4. The molecule has 164 valence electrons. The fourth-order valence-corrected chi connectivity index (χ4v) is 3.21. The Balaban J connectivity index is 1.95. The van der Waals surface area contributed by atoms with Crippen LogP contribution >= 0.6 is 0 Å². The number of hydrogen-bond donors (Lipinski definition) is 5. The van der Waals surface area contributed by atoms with Gasteiger partial charge in [0.2, 0.25) is 5.75 Å². The van der Waals surface area contributed by atoms with Crippen molar-refractivity contribution in [2.75, 3.05) is 7.11 Å². The van der Waals surface area contributed by atoms with Crippen LogP contribution in [0.4, 0.5) is 0 Å². The van der Waals surface area contributed by atoms with E-state index in [1.165, 1.54) is 32.2 Å². The monoisotopic (exact) mass is 420 g/mol. The Morgan fingerprint density at radius 1 is 0.933 bits per heavy atom. The van der Waals surface area contributed by atoms with Crippen molar-refractivity contribution < 1.29 is 39.8 Å². The molecule has 0 fully saturated rings. The van der Waals surface area contributed by atoms with Crippen molar-refractivity contribution >= 4 is 5.97 Å². The molecule has 2 aromatic carbocycles. The Hall–Kier alpha value is -3.13. The molecule has 2 atom stereocenters. The maximum absolute atomic E-state index is 11.4. The quantitative estimate of drug-likeness (QED) is 0.292. The van der Waals surface area contributed by atoms with Gasteiger partial charge in [-0.15, -0.1) is 0 Å². The molecule has 2 rings (SSSR count). The fourth-order valence-electron chi connectivity index (χ4n) is 3.21. The average molecular weight is 420 g/mol. The molecule has 0 heterocycles. The second kappa shape index (κ2) is 10.6. The number of phenols is 4. The van der Waals surface area contributed by atoms with Crippen molar-refractivity contribution in [1.82, 2.24) is 0 Å². The number of esters is 1. The molecular weight excluding hydrogens is 392 g/mol. The van der Waals surface area contributed by atoms with E-state index in [1.54, 1.807) is 12.1 Å². The van der Waals surface area contributed by atoms with Gasteiger partial charge in [-0.05, 0) is 61.1 Å². The number of aliphatic hydroxyl groups excluding tert-OH is 1. The van der Waals surface area contributed by atoms with Crippen LogP contribution in [0.2, 0.25) is 0 Å². The highest BCUT2D eigenvalue weighted by atomic mass is 16.5.